The summed E-state index contributed by atoms with van der Waals surface area (Å²) in [7, 11) is 0. The van der Waals surface area contributed by atoms with E-state index in [1.54, 1.807) is 0 Å². The van der Waals surface area contributed by atoms with Crippen molar-refractivity contribution in [1.82, 2.24) is 14.9 Å². The fourth-order valence-corrected chi connectivity index (χ4v) is 3.02. The first-order valence-electron chi connectivity index (χ1n) is 7.52. The molecule has 0 saturated carbocycles. The molecule has 5 heteroatoms. The van der Waals surface area contributed by atoms with Gasteiger partial charge in [-0.1, -0.05) is 19.1 Å². The SMILES string of the molecule is CCSCCN(Cc1ccccn1)Cc1cccc(CCl)n1. The van der Waals surface area contributed by atoms with Crippen LogP contribution in [0.1, 0.15) is 24.0 Å². The van der Waals surface area contributed by atoms with E-state index in [9.17, 15) is 0 Å². The molecule has 0 bridgehead atoms. The fourth-order valence-electron chi connectivity index (χ4n) is 2.19. The number of hydrogen-bond acceptors (Lipinski definition) is 4. The molecule has 118 valence electrons. The van der Waals surface area contributed by atoms with E-state index in [4.69, 9.17) is 11.6 Å². The molecular weight excluding hydrogens is 314 g/mol. The van der Waals surface area contributed by atoms with Crippen molar-refractivity contribution < 1.29 is 0 Å². The number of nitrogens with zero attached hydrogens (tertiary/aromatic N) is 3. The molecule has 3 nitrogen and oxygen atoms in total. The summed E-state index contributed by atoms with van der Waals surface area (Å²) in [5.74, 6) is 2.73. The molecule has 0 N–H and O–H groups in total. The molecule has 0 aliphatic carbocycles. The quantitative estimate of drug-likeness (QED) is 0.512. The lowest BCUT2D eigenvalue weighted by atomic mass is 10.2. The van der Waals surface area contributed by atoms with Crippen LogP contribution in [0.2, 0.25) is 0 Å². The van der Waals surface area contributed by atoms with E-state index in [1.165, 1.54) is 0 Å². The Labute approximate surface area is 142 Å². The summed E-state index contributed by atoms with van der Waals surface area (Å²) in [5, 5.41) is 0. The summed E-state index contributed by atoms with van der Waals surface area (Å²) >= 11 is 7.84. The summed E-state index contributed by atoms with van der Waals surface area (Å²) in [6.45, 7) is 4.89. The zero-order chi connectivity index (χ0) is 15.6. The van der Waals surface area contributed by atoms with Gasteiger partial charge in [0.2, 0.25) is 0 Å². The van der Waals surface area contributed by atoms with E-state index in [-0.39, 0.29) is 0 Å². The van der Waals surface area contributed by atoms with E-state index in [0.717, 1.165) is 48.2 Å². The molecule has 0 aliphatic heterocycles. The molecule has 0 aromatic carbocycles. The highest BCUT2D eigenvalue weighted by atomic mass is 35.5. The maximum Gasteiger partial charge on any atom is 0.0647 e. The lowest BCUT2D eigenvalue weighted by molar-refractivity contribution is 0.267. The Hall–Kier alpha value is -1.10. The van der Waals surface area contributed by atoms with Gasteiger partial charge in [-0.3, -0.25) is 14.9 Å². The number of alkyl halides is 1. The third-order valence-corrected chi connectivity index (χ3v) is 4.41. The number of aromatic nitrogens is 2. The van der Waals surface area contributed by atoms with E-state index < -0.39 is 0 Å². The molecule has 2 aromatic heterocycles. The second-order valence-corrected chi connectivity index (χ2v) is 6.64. The van der Waals surface area contributed by atoms with Crippen molar-refractivity contribution in [3.05, 3.63) is 59.7 Å². The van der Waals surface area contributed by atoms with Gasteiger partial charge in [0.25, 0.3) is 0 Å². The van der Waals surface area contributed by atoms with Gasteiger partial charge in [-0.05, 0) is 30.0 Å². The molecule has 0 aliphatic rings. The summed E-state index contributed by atoms with van der Waals surface area (Å²) in [4.78, 5) is 11.4. The molecule has 0 amide bonds. The lowest BCUT2D eigenvalue weighted by Crippen LogP contribution is -2.26. The molecule has 2 heterocycles. The van der Waals surface area contributed by atoms with Crippen LogP contribution in [-0.2, 0) is 19.0 Å². The van der Waals surface area contributed by atoms with Crippen LogP contribution in [0.5, 0.6) is 0 Å². The maximum absolute atomic E-state index is 5.88. The molecule has 22 heavy (non-hydrogen) atoms. The topological polar surface area (TPSA) is 29.0 Å². The van der Waals surface area contributed by atoms with E-state index in [1.807, 2.05) is 42.2 Å². The number of rotatable bonds is 9. The van der Waals surface area contributed by atoms with Crippen molar-refractivity contribution in [3.8, 4) is 0 Å². The Morgan fingerprint density at radius 1 is 1.05 bits per heavy atom. The lowest BCUT2D eigenvalue weighted by Gasteiger charge is -2.21. The van der Waals surface area contributed by atoms with Crippen LogP contribution >= 0.6 is 23.4 Å². The number of pyridine rings is 2. The van der Waals surface area contributed by atoms with Crippen molar-refractivity contribution in [2.45, 2.75) is 25.9 Å². The fraction of sp³-hybridized carbons (Fsp3) is 0.412. The molecule has 0 unspecified atom stereocenters. The van der Waals surface area contributed by atoms with E-state index >= 15 is 0 Å². The zero-order valence-electron chi connectivity index (χ0n) is 12.9. The minimum absolute atomic E-state index is 0.458. The normalized spacial score (nSPS) is 11.0. The molecule has 0 atom stereocenters. The van der Waals surface area contributed by atoms with Crippen molar-refractivity contribution in [2.75, 3.05) is 18.1 Å². The summed E-state index contributed by atoms with van der Waals surface area (Å²) in [6, 6.07) is 12.1. The third-order valence-electron chi connectivity index (χ3n) is 3.25. The Morgan fingerprint density at radius 3 is 2.55 bits per heavy atom. The average molecular weight is 336 g/mol. The minimum atomic E-state index is 0.458. The van der Waals surface area contributed by atoms with Gasteiger partial charge in [0, 0.05) is 31.6 Å². The smallest absolute Gasteiger partial charge is 0.0647 e. The summed E-state index contributed by atoms with van der Waals surface area (Å²) in [6.07, 6.45) is 1.85. The first-order chi connectivity index (χ1) is 10.8. The van der Waals surface area contributed by atoms with Crippen LogP contribution in [-0.4, -0.2) is 32.9 Å². The molecular formula is C17H22ClN3S. The highest BCUT2D eigenvalue weighted by Crippen LogP contribution is 2.10. The highest BCUT2D eigenvalue weighted by molar-refractivity contribution is 7.99. The van der Waals surface area contributed by atoms with Crippen LogP contribution in [0.3, 0.4) is 0 Å². The minimum Gasteiger partial charge on any atom is -0.291 e. The molecule has 0 spiro atoms. The highest BCUT2D eigenvalue weighted by Gasteiger charge is 2.09. The Balaban J connectivity index is 2.02. The van der Waals surface area contributed by atoms with Gasteiger partial charge >= 0.3 is 0 Å². The maximum atomic E-state index is 5.88. The first kappa shape index (κ1) is 17.3. The van der Waals surface area contributed by atoms with Gasteiger partial charge in [-0.25, -0.2) is 0 Å². The van der Waals surface area contributed by atoms with Gasteiger partial charge in [0.1, 0.15) is 0 Å². The average Bonchev–Trinajstić information content (AvgIpc) is 2.56. The van der Waals surface area contributed by atoms with Crippen molar-refractivity contribution >= 4 is 23.4 Å². The number of halogens is 1. The molecule has 2 aromatic rings. The zero-order valence-corrected chi connectivity index (χ0v) is 14.5. The third kappa shape index (κ3) is 5.95. The van der Waals surface area contributed by atoms with E-state index in [0.29, 0.717) is 5.88 Å². The summed E-state index contributed by atoms with van der Waals surface area (Å²) < 4.78 is 0. The van der Waals surface area contributed by atoms with Gasteiger partial charge in [0.05, 0.1) is 23.0 Å². The molecule has 0 fully saturated rings. The van der Waals surface area contributed by atoms with Crippen molar-refractivity contribution in [2.24, 2.45) is 0 Å². The molecule has 0 radical (unpaired) electrons. The van der Waals surface area contributed by atoms with Crippen LogP contribution in [0, 0.1) is 0 Å². The number of hydrogen-bond donors (Lipinski definition) is 0. The van der Waals surface area contributed by atoms with Crippen LogP contribution < -0.4 is 0 Å². The molecule has 0 saturated heterocycles. The Bertz CT molecular complexity index is 551. The molecule has 2 rings (SSSR count). The second-order valence-electron chi connectivity index (χ2n) is 4.98. The van der Waals surface area contributed by atoms with Crippen molar-refractivity contribution in [3.63, 3.8) is 0 Å². The van der Waals surface area contributed by atoms with Gasteiger partial charge in [-0.15, -0.1) is 11.6 Å². The van der Waals surface area contributed by atoms with E-state index in [2.05, 4.69) is 33.9 Å². The van der Waals surface area contributed by atoms with Gasteiger partial charge in [-0.2, -0.15) is 11.8 Å². The Kier molecular flexibility index (Phi) is 7.71. The first-order valence-corrected chi connectivity index (χ1v) is 9.21. The predicted octanol–water partition coefficient (Wildman–Crippen LogP) is 3.97. The Morgan fingerprint density at radius 2 is 1.82 bits per heavy atom. The predicted molar refractivity (Wildman–Crippen MR) is 95.1 cm³/mol. The largest absolute Gasteiger partial charge is 0.291 e. The number of thioether (sulfide) groups is 1. The summed E-state index contributed by atoms with van der Waals surface area (Å²) in [5.41, 5.74) is 3.09. The van der Waals surface area contributed by atoms with Crippen LogP contribution in [0.15, 0.2) is 42.6 Å². The van der Waals surface area contributed by atoms with Gasteiger partial charge < -0.3 is 0 Å². The van der Waals surface area contributed by atoms with Crippen LogP contribution in [0.4, 0.5) is 0 Å². The second kappa shape index (κ2) is 9.82. The standard InChI is InChI=1S/C17H22ClN3S/c1-2-22-11-10-21(13-16-6-3-4-9-19-16)14-17-8-5-7-15(12-18)20-17/h3-9H,2,10-14H2,1H3. The van der Waals surface area contributed by atoms with Crippen LogP contribution in [0.25, 0.3) is 0 Å². The van der Waals surface area contributed by atoms with Gasteiger partial charge in [0.15, 0.2) is 0 Å². The van der Waals surface area contributed by atoms with Crippen molar-refractivity contribution in [1.29, 1.82) is 0 Å². The monoisotopic (exact) mass is 335 g/mol.